The monoisotopic (exact) mass is 381 g/mol. The van der Waals surface area contributed by atoms with E-state index in [0.29, 0.717) is 27.7 Å². The Morgan fingerprint density at radius 2 is 2.12 bits per heavy atom. The first-order valence-corrected chi connectivity index (χ1v) is 8.54. The number of ether oxygens (including phenoxy) is 1. The number of halogens is 3. The number of hydrogen-bond donors (Lipinski definition) is 1. The lowest BCUT2D eigenvalue weighted by Gasteiger charge is -2.07. The molecule has 0 aliphatic rings. The molecule has 3 rings (SSSR count). The second-order valence-electron chi connectivity index (χ2n) is 5.41. The maximum absolute atomic E-state index is 12.9. The molecule has 5 nitrogen and oxygen atoms in total. The summed E-state index contributed by atoms with van der Waals surface area (Å²) >= 11 is 1.19. The van der Waals surface area contributed by atoms with Crippen molar-refractivity contribution in [3.05, 3.63) is 46.5 Å². The van der Waals surface area contributed by atoms with Crippen LogP contribution >= 0.6 is 11.3 Å². The molecule has 0 fully saturated rings. The van der Waals surface area contributed by atoms with E-state index in [1.807, 2.05) is 0 Å². The Kier molecular flexibility index (Phi) is 4.82. The number of H-pyrrole nitrogens is 1. The summed E-state index contributed by atoms with van der Waals surface area (Å²) in [5, 5.41) is 8.87. The molecule has 26 heavy (non-hydrogen) atoms. The van der Waals surface area contributed by atoms with Crippen LogP contribution in [0.4, 0.5) is 13.2 Å². The van der Waals surface area contributed by atoms with Gasteiger partial charge in [-0.1, -0.05) is 12.1 Å². The van der Waals surface area contributed by atoms with E-state index in [0.717, 1.165) is 12.1 Å². The summed E-state index contributed by atoms with van der Waals surface area (Å²) in [5.74, 6) is -0.524. The van der Waals surface area contributed by atoms with Crippen molar-refractivity contribution < 1.29 is 22.7 Å². The zero-order valence-corrected chi connectivity index (χ0v) is 14.7. The Morgan fingerprint density at radius 3 is 2.81 bits per heavy atom. The summed E-state index contributed by atoms with van der Waals surface area (Å²) in [6.07, 6.45) is -4.43. The minimum Gasteiger partial charge on any atom is -0.462 e. The number of aromatic amines is 1. The highest BCUT2D eigenvalue weighted by Gasteiger charge is 2.30. The van der Waals surface area contributed by atoms with Crippen LogP contribution in [0.25, 0.3) is 22.0 Å². The first kappa shape index (κ1) is 18.1. The van der Waals surface area contributed by atoms with Crippen LogP contribution < -0.4 is 0 Å². The van der Waals surface area contributed by atoms with E-state index in [2.05, 4.69) is 15.2 Å². The highest BCUT2D eigenvalue weighted by atomic mass is 32.1. The minimum atomic E-state index is -4.43. The highest BCUT2D eigenvalue weighted by molar-refractivity contribution is 7.13. The van der Waals surface area contributed by atoms with Gasteiger partial charge in [0.25, 0.3) is 0 Å². The van der Waals surface area contributed by atoms with E-state index in [1.54, 1.807) is 25.3 Å². The van der Waals surface area contributed by atoms with E-state index < -0.39 is 17.7 Å². The van der Waals surface area contributed by atoms with Crippen LogP contribution in [-0.4, -0.2) is 27.8 Å². The lowest BCUT2D eigenvalue weighted by molar-refractivity contribution is -0.137. The highest BCUT2D eigenvalue weighted by Crippen LogP contribution is 2.34. The number of aryl methyl sites for hydroxylation is 1. The van der Waals surface area contributed by atoms with Crippen LogP contribution in [0, 0.1) is 6.92 Å². The van der Waals surface area contributed by atoms with E-state index in [-0.39, 0.29) is 12.2 Å². The number of nitrogens with one attached hydrogen (secondary N) is 1. The van der Waals surface area contributed by atoms with Crippen LogP contribution in [-0.2, 0) is 10.9 Å². The van der Waals surface area contributed by atoms with Gasteiger partial charge in [-0.2, -0.15) is 18.3 Å². The van der Waals surface area contributed by atoms with Crippen LogP contribution in [0.5, 0.6) is 0 Å². The quantitative estimate of drug-likeness (QED) is 0.665. The fourth-order valence-corrected chi connectivity index (χ4v) is 3.23. The molecule has 0 saturated carbocycles. The van der Waals surface area contributed by atoms with Crippen LogP contribution in [0.3, 0.4) is 0 Å². The molecule has 0 aliphatic heterocycles. The Hall–Kier alpha value is -2.68. The maximum atomic E-state index is 12.9. The molecule has 0 spiro atoms. The first-order valence-electron chi connectivity index (χ1n) is 7.67. The summed E-state index contributed by atoms with van der Waals surface area (Å²) in [5.41, 5.74) is 1.11. The van der Waals surface area contributed by atoms with Crippen molar-refractivity contribution in [1.82, 2.24) is 15.2 Å². The van der Waals surface area contributed by atoms with Gasteiger partial charge in [-0.3, -0.25) is 5.10 Å². The Balaban J connectivity index is 1.99. The van der Waals surface area contributed by atoms with Gasteiger partial charge in [0.2, 0.25) is 0 Å². The van der Waals surface area contributed by atoms with Crippen molar-refractivity contribution in [3.8, 4) is 22.0 Å². The SMILES string of the molecule is CCOC(=O)c1c(-c2nc(-c3cccc(C(F)(F)F)c3)cs2)n[nH]c1C. The van der Waals surface area contributed by atoms with Gasteiger partial charge in [0.1, 0.15) is 16.3 Å². The zero-order valence-electron chi connectivity index (χ0n) is 13.8. The van der Waals surface area contributed by atoms with Crippen LogP contribution in [0.2, 0.25) is 0 Å². The number of alkyl halides is 3. The molecule has 0 saturated heterocycles. The van der Waals surface area contributed by atoms with Crippen LogP contribution in [0.1, 0.15) is 28.5 Å². The molecule has 0 radical (unpaired) electrons. The Morgan fingerprint density at radius 1 is 1.35 bits per heavy atom. The molecule has 9 heteroatoms. The predicted octanol–water partition coefficient (Wildman–Crippen LogP) is 4.70. The third kappa shape index (κ3) is 3.48. The summed E-state index contributed by atoms with van der Waals surface area (Å²) < 4.78 is 43.7. The standard InChI is InChI=1S/C17H14F3N3O2S/c1-3-25-16(24)13-9(2)22-23-14(13)15-21-12(8-26-15)10-5-4-6-11(7-10)17(18,19)20/h4-8H,3H2,1-2H3,(H,22,23). The average molecular weight is 381 g/mol. The predicted molar refractivity (Wildman–Crippen MR) is 90.8 cm³/mol. The smallest absolute Gasteiger partial charge is 0.416 e. The molecular formula is C17H14F3N3O2S. The Labute approximate surface area is 150 Å². The van der Waals surface area contributed by atoms with Gasteiger partial charge in [-0.15, -0.1) is 11.3 Å². The maximum Gasteiger partial charge on any atom is 0.416 e. The molecule has 0 atom stereocenters. The van der Waals surface area contributed by atoms with Gasteiger partial charge < -0.3 is 4.74 Å². The Bertz CT molecular complexity index is 947. The summed E-state index contributed by atoms with van der Waals surface area (Å²) in [4.78, 5) is 16.5. The molecule has 0 unspecified atom stereocenters. The number of rotatable bonds is 4. The van der Waals surface area contributed by atoms with E-state index >= 15 is 0 Å². The summed E-state index contributed by atoms with van der Waals surface area (Å²) in [6.45, 7) is 3.60. The number of carbonyl (C=O) groups excluding carboxylic acids is 1. The number of hydrogen-bond acceptors (Lipinski definition) is 5. The van der Waals surface area contributed by atoms with Crippen molar-refractivity contribution in [2.75, 3.05) is 6.61 Å². The molecule has 0 bridgehead atoms. The van der Waals surface area contributed by atoms with Gasteiger partial charge in [0, 0.05) is 16.6 Å². The molecule has 136 valence electrons. The van der Waals surface area contributed by atoms with Gasteiger partial charge in [-0.25, -0.2) is 9.78 Å². The molecule has 2 heterocycles. The number of nitrogens with zero attached hydrogens (tertiary/aromatic N) is 2. The average Bonchev–Trinajstić information content (AvgIpc) is 3.21. The van der Waals surface area contributed by atoms with Crippen LogP contribution in [0.15, 0.2) is 29.6 Å². The third-order valence-corrected chi connectivity index (χ3v) is 4.47. The number of aromatic nitrogens is 3. The summed E-state index contributed by atoms with van der Waals surface area (Å²) in [7, 11) is 0. The number of thiazole rings is 1. The molecule has 1 aromatic carbocycles. The third-order valence-electron chi connectivity index (χ3n) is 3.62. The number of carbonyl (C=O) groups is 1. The number of esters is 1. The van der Waals surface area contributed by atoms with E-state index in [4.69, 9.17) is 4.74 Å². The van der Waals surface area contributed by atoms with Gasteiger partial charge in [0.05, 0.1) is 17.9 Å². The van der Waals surface area contributed by atoms with Crippen molar-refractivity contribution in [2.24, 2.45) is 0 Å². The largest absolute Gasteiger partial charge is 0.462 e. The van der Waals surface area contributed by atoms with Gasteiger partial charge in [-0.05, 0) is 26.0 Å². The lowest BCUT2D eigenvalue weighted by Crippen LogP contribution is -2.06. The second kappa shape index (κ2) is 6.91. The molecule has 1 N–H and O–H groups in total. The fourth-order valence-electron chi connectivity index (χ4n) is 2.41. The molecule has 2 aromatic heterocycles. The van der Waals surface area contributed by atoms with E-state index in [1.165, 1.54) is 17.4 Å². The van der Waals surface area contributed by atoms with Gasteiger partial charge >= 0.3 is 12.1 Å². The first-order chi connectivity index (χ1) is 12.3. The minimum absolute atomic E-state index is 0.218. The summed E-state index contributed by atoms with van der Waals surface area (Å²) in [6, 6.07) is 4.93. The lowest BCUT2D eigenvalue weighted by atomic mass is 10.1. The van der Waals surface area contributed by atoms with Crippen molar-refractivity contribution in [3.63, 3.8) is 0 Å². The number of benzene rings is 1. The van der Waals surface area contributed by atoms with Crippen molar-refractivity contribution in [2.45, 2.75) is 20.0 Å². The molecule has 0 amide bonds. The molecule has 0 aliphatic carbocycles. The normalized spacial score (nSPS) is 11.6. The molecule has 3 aromatic rings. The molecular weight excluding hydrogens is 367 g/mol. The zero-order chi connectivity index (χ0) is 18.9. The second-order valence-corrected chi connectivity index (χ2v) is 6.27. The van der Waals surface area contributed by atoms with Gasteiger partial charge in [0.15, 0.2) is 0 Å². The van der Waals surface area contributed by atoms with Crippen molar-refractivity contribution >= 4 is 17.3 Å². The van der Waals surface area contributed by atoms with Crippen molar-refractivity contribution in [1.29, 1.82) is 0 Å². The topological polar surface area (TPSA) is 67.9 Å². The van der Waals surface area contributed by atoms with E-state index in [9.17, 15) is 18.0 Å². The fraction of sp³-hybridized carbons (Fsp3) is 0.235.